The summed E-state index contributed by atoms with van der Waals surface area (Å²) in [4.78, 5) is 0. The molecule has 0 heterocycles. The molecule has 1 atom stereocenters. The monoisotopic (exact) mass is 309 g/mol. The summed E-state index contributed by atoms with van der Waals surface area (Å²) in [7, 11) is 0. The highest BCUT2D eigenvalue weighted by atomic mass is 79.9. The molecular weight excluding hydrogens is 286 g/mol. The van der Waals surface area contributed by atoms with E-state index in [1.54, 1.807) is 0 Å². The van der Waals surface area contributed by atoms with E-state index in [1.807, 2.05) is 6.08 Å². The van der Waals surface area contributed by atoms with Gasteiger partial charge in [0.2, 0.25) is 0 Å². The Kier molecular flexibility index (Phi) is 6.66. The van der Waals surface area contributed by atoms with E-state index in [0.29, 0.717) is 0 Å². The topological polar surface area (TPSA) is 26.0 Å². The van der Waals surface area contributed by atoms with Crippen molar-refractivity contribution >= 4 is 15.9 Å². The minimum atomic E-state index is 0.166. The number of benzene rings is 1. The fourth-order valence-electron chi connectivity index (χ4n) is 2.19. The zero-order valence-corrected chi connectivity index (χ0v) is 13.1. The highest BCUT2D eigenvalue weighted by Gasteiger charge is 2.09. The Morgan fingerprint density at radius 1 is 1.22 bits per heavy atom. The van der Waals surface area contributed by atoms with Crippen LogP contribution in [0.25, 0.3) is 0 Å². The smallest absolute Gasteiger partial charge is 0.0295 e. The van der Waals surface area contributed by atoms with Gasteiger partial charge in [-0.15, -0.1) is 6.58 Å². The predicted molar refractivity (Wildman–Crippen MR) is 83.8 cm³/mol. The third kappa shape index (κ3) is 4.58. The van der Waals surface area contributed by atoms with Crippen LogP contribution in [0.1, 0.15) is 54.8 Å². The number of aryl methyl sites for hydroxylation is 2. The highest BCUT2D eigenvalue weighted by molar-refractivity contribution is 9.10. The van der Waals surface area contributed by atoms with E-state index in [0.717, 1.165) is 12.8 Å². The van der Waals surface area contributed by atoms with Crippen LogP contribution in [0.5, 0.6) is 0 Å². The van der Waals surface area contributed by atoms with E-state index in [4.69, 9.17) is 5.73 Å². The first-order valence-corrected chi connectivity index (χ1v) is 7.48. The van der Waals surface area contributed by atoms with E-state index in [2.05, 4.69) is 48.5 Å². The molecule has 0 aliphatic carbocycles. The van der Waals surface area contributed by atoms with Crippen molar-refractivity contribution in [1.29, 1.82) is 0 Å². The van der Waals surface area contributed by atoms with Gasteiger partial charge in [0.1, 0.15) is 0 Å². The van der Waals surface area contributed by atoms with Crippen molar-refractivity contribution in [2.45, 2.75) is 52.0 Å². The van der Waals surface area contributed by atoms with E-state index in [9.17, 15) is 0 Å². The Morgan fingerprint density at radius 3 is 2.39 bits per heavy atom. The molecule has 0 spiro atoms. The molecule has 1 aromatic rings. The molecule has 2 N–H and O–H groups in total. The number of hydrogen-bond donors (Lipinski definition) is 1. The summed E-state index contributed by atoms with van der Waals surface area (Å²) >= 11 is 3.59. The second-order valence-electron chi connectivity index (χ2n) is 5.00. The van der Waals surface area contributed by atoms with Gasteiger partial charge in [-0.05, 0) is 49.8 Å². The van der Waals surface area contributed by atoms with E-state index in [1.165, 1.54) is 40.4 Å². The average molecular weight is 310 g/mol. The molecule has 18 heavy (non-hydrogen) atoms. The minimum Gasteiger partial charge on any atom is -0.324 e. The first-order chi connectivity index (χ1) is 8.56. The molecule has 0 radical (unpaired) electrons. The van der Waals surface area contributed by atoms with Crippen LogP contribution in [-0.4, -0.2) is 0 Å². The van der Waals surface area contributed by atoms with Gasteiger partial charge >= 0.3 is 0 Å². The van der Waals surface area contributed by atoms with Crippen molar-refractivity contribution in [3.8, 4) is 0 Å². The lowest BCUT2D eigenvalue weighted by Gasteiger charge is -2.15. The summed E-state index contributed by atoms with van der Waals surface area (Å²) in [5.74, 6) is 0. The highest BCUT2D eigenvalue weighted by Crippen LogP contribution is 2.26. The third-order valence-corrected chi connectivity index (χ3v) is 4.56. The first-order valence-electron chi connectivity index (χ1n) is 6.69. The molecule has 2 heteroatoms. The van der Waals surface area contributed by atoms with E-state index >= 15 is 0 Å². The molecular formula is C16H24BrN. The second-order valence-corrected chi connectivity index (χ2v) is 5.79. The zero-order chi connectivity index (χ0) is 13.5. The van der Waals surface area contributed by atoms with E-state index < -0.39 is 0 Å². The van der Waals surface area contributed by atoms with Crippen LogP contribution in [0.4, 0.5) is 0 Å². The van der Waals surface area contributed by atoms with Crippen molar-refractivity contribution in [1.82, 2.24) is 0 Å². The molecule has 1 unspecified atom stereocenters. The fraction of sp³-hybridized carbons (Fsp3) is 0.500. The minimum absolute atomic E-state index is 0.166. The molecule has 0 aliphatic heterocycles. The normalized spacial score (nSPS) is 12.4. The maximum atomic E-state index is 6.26. The van der Waals surface area contributed by atoms with Crippen LogP contribution in [0.15, 0.2) is 29.3 Å². The summed E-state index contributed by atoms with van der Waals surface area (Å²) in [6, 6.07) is 4.57. The number of unbranched alkanes of at least 4 members (excludes halogenated alkanes) is 3. The van der Waals surface area contributed by atoms with Gasteiger partial charge in [-0.3, -0.25) is 0 Å². The van der Waals surface area contributed by atoms with Gasteiger partial charge in [-0.25, -0.2) is 0 Å². The van der Waals surface area contributed by atoms with Crippen molar-refractivity contribution in [2.75, 3.05) is 0 Å². The summed E-state index contributed by atoms with van der Waals surface area (Å²) < 4.78 is 1.20. The Bertz CT molecular complexity index is 375. The van der Waals surface area contributed by atoms with Crippen LogP contribution < -0.4 is 5.73 Å². The van der Waals surface area contributed by atoms with Crippen LogP contribution in [0, 0.1) is 13.8 Å². The van der Waals surface area contributed by atoms with Gasteiger partial charge in [0.05, 0.1) is 0 Å². The van der Waals surface area contributed by atoms with Crippen molar-refractivity contribution in [2.24, 2.45) is 5.73 Å². The summed E-state index contributed by atoms with van der Waals surface area (Å²) in [5.41, 5.74) is 10.1. The lowest BCUT2D eigenvalue weighted by molar-refractivity contribution is 0.572. The van der Waals surface area contributed by atoms with Crippen molar-refractivity contribution < 1.29 is 0 Å². The lowest BCUT2D eigenvalue weighted by atomic mass is 9.97. The van der Waals surface area contributed by atoms with Gasteiger partial charge in [-0.2, -0.15) is 0 Å². The van der Waals surface area contributed by atoms with Crippen LogP contribution in [-0.2, 0) is 0 Å². The molecule has 0 aromatic heterocycles. The van der Waals surface area contributed by atoms with Crippen LogP contribution in [0.2, 0.25) is 0 Å². The van der Waals surface area contributed by atoms with E-state index in [-0.39, 0.29) is 6.04 Å². The molecule has 0 fully saturated rings. The number of allylic oxidation sites excluding steroid dienone is 1. The van der Waals surface area contributed by atoms with Gasteiger partial charge in [0.25, 0.3) is 0 Å². The molecule has 0 bridgehead atoms. The molecule has 0 saturated carbocycles. The Morgan fingerprint density at radius 2 is 1.83 bits per heavy atom. The molecule has 0 aliphatic rings. The molecule has 1 aromatic carbocycles. The first kappa shape index (κ1) is 15.5. The zero-order valence-electron chi connectivity index (χ0n) is 11.5. The summed E-state index contributed by atoms with van der Waals surface area (Å²) in [6.45, 7) is 7.98. The average Bonchev–Trinajstić information content (AvgIpc) is 2.34. The second kappa shape index (κ2) is 7.75. The maximum absolute atomic E-state index is 6.26. The van der Waals surface area contributed by atoms with Gasteiger partial charge < -0.3 is 5.73 Å². The molecule has 0 amide bonds. The number of halogens is 1. The van der Waals surface area contributed by atoms with Gasteiger partial charge in [-0.1, -0.05) is 47.0 Å². The summed E-state index contributed by atoms with van der Waals surface area (Å²) in [6.07, 6.45) is 7.84. The van der Waals surface area contributed by atoms with Crippen molar-refractivity contribution in [3.63, 3.8) is 0 Å². The van der Waals surface area contributed by atoms with Crippen LogP contribution in [0.3, 0.4) is 0 Å². The molecule has 100 valence electrons. The standard InChI is InChI=1S/C16H24BrN/c1-4-5-6-7-8-9-15(18)14-10-12(2)16(17)13(3)11-14/h4,10-11,15H,1,5-9,18H2,2-3H3. The Hall–Kier alpha value is -0.600. The Labute approximate surface area is 120 Å². The van der Waals surface area contributed by atoms with Gasteiger partial charge in [0.15, 0.2) is 0 Å². The van der Waals surface area contributed by atoms with Gasteiger partial charge in [0, 0.05) is 10.5 Å². The molecule has 0 saturated heterocycles. The summed E-state index contributed by atoms with van der Waals surface area (Å²) in [5, 5.41) is 0. The molecule has 1 rings (SSSR count). The largest absolute Gasteiger partial charge is 0.324 e. The fourth-order valence-corrected chi connectivity index (χ4v) is 2.42. The lowest BCUT2D eigenvalue weighted by Crippen LogP contribution is -2.10. The number of nitrogens with two attached hydrogens (primary N) is 1. The molecule has 1 nitrogen and oxygen atoms in total. The van der Waals surface area contributed by atoms with Crippen LogP contribution >= 0.6 is 15.9 Å². The third-order valence-electron chi connectivity index (χ3n) is 3.31. The van der Waals surface area contributed by atoms with Crippen molar-refractivity contribution in [3.05, 3.63) is 46.0 Å². The number of hydrogen-bond acceptors (Lipinski definition) is 1. The SMILES string of the molecule is C=CCCCCCC(N)c1cc(C)c(Br)c(C)c1. The number of rotatable bonds is 7. The quantitative estimate of drug-likeness (QED) is 0.543. The predicted octanol–water partition coefficient (Wildman–Crippen LogP) is 5.20. The Balaban J connectivity index is 2.51. The maximum Gasteiger partial charge on any atom is 0.0295 e.